The van der Waals surface area contributed by atoms with Gasteiger partial charge in [0.15, 0.2) is 6.20 Å². The minimum Gasteiger partial charge on any atom is -0.247 e. The minimum absolute atomic E-state index is 0.556. The van der Waals surface area contributed by atoms with Gasteiger partial charge in [-0.05, 0) is 0 Å². The molecule has 1 aromatic rings. The van der Waals surface area contributed by atoms with Crippen LogP contribution < -0.4 is 4.98 Å². The Kier molecular flexibility index (Phi) is 1.41. The van der Waals surface area contributed by atoms with Gasteiger partial charge in [-0.3, -0.25) is 0 Å². The third-order valence-electron chi connectivity index (χ3n) is 0.963. The lowest BCUT2D eigenvalue weighted by Gasteiger charge is -1.78. The van der Waals surface area contributed by atoms with Gasteiger partial charge >= 0.3 is 0 Å². The van der Waals surface area contributed by atoms with Crippen LogP contribution in [0.25, 0.3) is 0 Å². The fourth-order valence-corrected chi connectivity index (χ4v) is 0.484. The van der Waals surface area contributed by atoms with Crippen molar-refractivity contribution < 1.29 is 4.98 Å². The zero-order chi connectivity index (χ0) is 6.69. The van der Waals surface area contributed by atoms with Crippen molar-refractivity contribution in [3.63, 3.8) is 0 Å². The van der Waals surface area contributed by atoms with Crippen molar-refractivity contribution in [2.24, 2.45) is 0 Å². The highest BCUT2D eigenvalue weighted by Gasteiger charge is 1.96. The van der Waals surface area contributed by atoms with Crippen LogP contribution in [0, 0.1) is 18.3 Å². The third kappa shape index (κ3) is 1.23. The van der Waals surface area contributed by atoms with Gasteiger partial charge in [0.1, 0.15) is 17.8 Å². The lowest BCUT2D eigenvalue weighted by molar-refractivity contribution is -0.393. The van der Waals surface area contributed by atoms with Crippen molar-refractivity contribution in [2.75, 3.05) is 0 Å². The Morgan fingerprint density at radius 1 is 1.78 bits per heavy atom. The monoisotopic (exact) mass is 120 g/mol. The van der Waals surface area contributed by atoms with Gasteiger partial charge in [-0.25, -0.2) is 4.98 Å². The topological polar surface area (TPSA) is 50.8 Å². The van der Waals surface area contributed by atoms with Crippen LogP contribution in [0.2, 0.25) is 0 Å². The quantitative estimate of drug-likeness (QED) is 0.486. The molecule has 0 radical (unpaired) electrons. The number of aromatic nitrogens is 2. The van der Waals surface area contributed by atoms with Gasteiger partial charge < -0.3 is 0 Å². The van der Waals surface area contributed by atoms with Crippen molar-refractivity contribution in [1.82, 2.24) is 4.98 Å². The molecule has 1 rings (SSSR count). The second kappa shape index (κ2) is 2.23. The second-order valence-corrected chi connectivity index (χ2v) is 1.70. The van der Waals surface area contributed by atoms with E-state index in [-0.39, 0.29) is 0 Å². The molecule has 0 spiro atoms. The predicted octanol–water partition coefficient (Wildman–Crippen LogP) is 0.0758. The molecule has 1 heterocycles. The van der Waals surface area contributed by atoms with E-state index >= 15 is 0 Å². The molecular weight excluding hydrogens is 114 g/mol. The lowest BCUT2D eigenvalue weighted by atomic mass is 10.4. The Labute approximate surface area is 53.0 Å². The molecule has 0 atom stereocenters. The largest absolute Gasteiger partial charge is 0.293 e. The Bertz CT molecular complexity index is 231. The minimum atomic E-state index is 0.556. The smallest absolute Gasteiger partial charge is 0.247 e. The maximum absolute atomic E-state index is 8.32. The summed E-state index contributed by atoms with van der Waals surface area (Å²) >= 11 is 0. The molecule has 44 valence electrons. The Balaban J connectivity index is 3.06. The van der Waals surface area contributed by atoms with E-state index in [0.29, 0.717) is 5.56 Å². The maximum atomic E-state index is 8.32. The summed E-state index contributed by atoms with van der Waals surface area (Å²) < 4.78 is 0. The van der Waals surface area contributed by atoms with Crippen LogP contribution in [0.4, 0.5) is 0 Å². The molecule has 0 saturated carbocycles. The molecule has 0 aliphatic heterocycles. The van der Waals surface area contributed by atoms with Crippen molar-refractivity contribution >= 4 is 0 Å². The predicted molar refractivity (Wildman–Crippen MR) is 30.2 cm³/mol. The third-order valence-corrected chi connectivity index (χ3v) is 0.963. The molecule has 0 aromatic carbocycles. The SMILES string of the molecule is Cc1ncc(C#N)c[nH+]1. The van der Waals surface area contributed by atoms with E-state index in [1.165, 1.54) is 6.20 Å². The van der Waals surface area contributed by atoms with E-state index in [0.717, 1.165) is 5.82 Å². The first-order valence-corrected chi connectivity index (χ1v) is 2.57. The van der Waals surface area contributed by atoms with E-state index in [1.807, 2.05) is 13.0 Å². The first-order valence-electron chi connectivity index (χ1n) is 2.57. The normalized spacial score (nSPS) is 8.44. The molecule has 1 N–H and O–H groups in total. The second-order valence-electron chi connectivity index (χ2n) is 1.70. The van der Waals surface area contributed by atoms with Crippen molar-refractivity contribution in [3.8, 4) is 6.07 Å². The molecule has 1 aromatic heterocycles. The van der Waals surface area contributed by atoms with E-state index in [2.05, 4.69) is 9.97 Å². The molecule has 0 aliphatic rings. The Hall–Kier alpha value is -1.43. The fourth-order valence-electron chi connectivity index (χ4n) is 0.484. The molecule has 3 heteroatoms. The Morgan fingerprint density at radius 3 is 3.00 bits per heavy atom. The van der Waals surface area contributed by atoms with E-state index in [4.69, 9.17) is 5.26 Å². The number of H-pyrrole nitrogens is 1. The highest BCUT2D eigenvalue weighted by Crippen LogP contribution is 1.86. The Morgan fingerprint density at radius 2 is 2.56 bits per heavy atom. The van der Waals surface area contributed by atoms with E-state index in [9.17, 15) is 0 Å². The summed E-state index contributed by atoms with van der Waals surface area (Å²) in [5.41, 5.74) is 0.556. The average Bonchev–Trinajstić information content (AvgIpc) is 1.90. The number of nitrogens with zero attached hydrogens (tertiary/aromatic N) is 2. The number of nitriles is 1. The van der Waals surface area contributed by atoms with Crippen molar-refractivity contribution in [3.05, 3.63) is 23.8 Å². The van der Waals surface area contributed by atoms with Gasteiger partial charge in [-0.15, -0.1) is 0 Å². The molecule has 0 aliphatic carbocycles. The summed E-state index contributed by atoms with van der Waals surface area (Å²) in [4.78, 5) is 6.69. The number of hydrogen-bond donors (Lipinski definition) is 0. The lowest BCUT2D eigenvalue weighted by Crippen LogP contribution is -2.08. The fraction of sp³-hybridized carbons (Fsp3) is 0.167. The van der Waals surface area contributed by atoms with Gasteiger partial charge in [0.05, 0.1) is 0 Å². The number of hydrogen-bond acceptors (Lipinski definition) is 2. The molecule has 0 saturated heterocycles. The summed E-state index contributed by atoms with van der Waals surface area (Å²) in [5.74, 6) is 0.814. The van der Waals surface area contributed by atoms with Crippen LogP contribution in [-0.4, -0.2) is 4.98 Å². The highest BCUT2D eigenvalue weighted by atomic mass is 14.8. The van der Waals surface area contributed by atoms with Crippen molar-refractivity contribution in [1.29, 1.82) is 5.26 Å². The standard InChI is InChI=1S/C6H5N3/c1-5-8-3-6(2-7)4-9-5/h3-4H,1H3/p+1. The molecule has 3 nitrogen and oxygen atoms in total. The molecular formula is C6H6N3+. The average molecular weight is 120 g/mol. The number of aryl methyl sites for hydroxylation is 1. The zero-order valence-corrected chi connectivity index (χ0v) is 5.05. The number of aromatic amines is 1. The zero-order valence-electron chi connectivity index (χ0n) is 5.05. The summed E-state index contributed by atoms with van der Waals surface area (Å²) in [6, 6.07) is 1.96. The number of nitrogens with one attached hydrogen (secondary N) is 1. The van der Waals surface area contributed by atoms with Crippen LogP contribution in [-0.2, 0) is 0 Å². The molecule has 0 bridgehead atoms. The molecule has 0 unspecified atom stereocenters. The van der Waals surface area contributed by atoms with Crippen LogP contribution in [0.5, 0.6) is 0 Å². The van der Waals surface area contributed by atoms with Crippen LogP contribution in [0.3, 0.4) is 0 Å². The van der Waals surface area contributed by atoms with Gasteiger partial charge in [0, 0.05) is 6.92 Å². The highest BCUT2D eigenvalue weighted by molar-refractivity contribution is 5.19. The van der Waals surface area contributed by atoms with E-state index in [1.54, 1.807) is 6.20 Å². The van der Waals surface area contributed by atoms with Gasteiger partial charge in [0.2, 0.25) is 0 Å². The first kappa shape index (κ1) is 5.70. The summed E-state index contributed by atoms with van der Waals surface area (Å²) in [6.45, 7) is 1.83. The molecule has 9 heavy (non-hydrogen) atoms. The summed E-state index contributed by atoms with van der Waals surface area (Å²) in [5, 5.41) is 8.32. The van der Waals surface area contributed by atoms with Crippen LogP contribution >= 0.6 is 0 Å². The van der Waals surface area contributed by atoms with Crippen molar-refractivity contribution in [2.45, 2.75) is 6.92 Å². The van der Waals surface area contributed by atoms with Crippen LogP contribution in [0.1, 0.15) is 11.4 Å². The van der Waals surface area contributed by atoms with E-state index < -0.39 is 0 Å². The number of rotatable bonds is 0. The van der Waals surface area contributed by atoms with Crippen LogP contribution in [0.15, 0.2) is 12.4 Å². The van der Waals surface area contributed by atoms with Gasteiger partial charge in [-0.1, -0.05) is 4.98 Å². The molecule has 0 fully saturated rings. The summed E-state index contributed by atoms with van der Waals surface area (Å²) in [7, 11) is 0. The summed E-state index contributed by atoms with van der Waals surface area (Å²) in [6.07, 6.45) is 3.16. The maximum Gasteiger partial charge on any atom is 0.293 e. The van der Waals surface area contributed by atoms with Gasteiger partial charge in [0.25, 0.3) is 5.82 Å². The molecule has 0 amide bonds. The first-order chi connectivity index (χ1) is 4.33. The van der Waals surface area contributed by atoms with Gasteiger partial charge in [-0.2, -0.15) is 5.26 Å².